The molecule has 0 spiro atoms. The normalized spacial score (nSPS) is 23.4. The SMILES string of the molecule is [2H]C([2H])(O)CCCCCN1CC(c2ccc3c(c2)COC(C)(C)O3)OC1=O. The number of rotatable bonds is 7. The summed E-state index contributed by atoms with van der Waals surface area (Å²) in [7, 11) is 0. The number of nitrogens with zero attached hydrogens (tertiary/aromatic N) is 1. The number of aliphatic hydroxyl groups is 1. The quantitative estimate of drug-likeness (QED) is 0.763. The van der Waals surface area contributed by atoms with Crippen molar-refractivity contribution < 1.29 is 26.9 Å². The van der Waals surface area contributed by atoms with E-state index in [4.69, 9.17) is 22.1 Å². The maximum atomic E-state index is 12.1. The molecule has 1 aromatic carbocycles. The number of carbonyl (C=O) groups is 1. The molecule has 0 aliphatic carbocycles. The zero-order valence-electron chi connectivity index (χ0n) is 16.8. The van der Waals surface area contributed by atoms with Gasteiger partial charge in [0.05, 0.1) is 15.9 Å². The van der Waals surface area contributed by atoms with Crippen molar-refractivity contribution >= 4 is 6.09 Å². The Bertz CT molecular complexity index is 689. The van der Waals surface area contributed by atoms with E-state index in [9.17, 15) is 4.79 Å². The van der Waals surface area contributed by atoms with Gasteiger partial charge in [-0.15, -0.1) is 0 Å². The Morgan fingerprint density at radius 2 is 2.12 bits per heavy atom. The highest BCUT2D eigenvalue weighted by Gasteiger charge is 2.33. The summed E-state index contributed by atoms with van der Waals surface area (Å²) in [5, 5.41) is 9.08. The van der Waals surface area contributed by atoms with E-state index >= 15 is 0 Å². The number of amides is 1. The number of hydrogen-bond donors (Lipinski definition) is 1. The minimum Gasteiger partial charge on any atom is -0.463 e. The van der Waals surface area contributed by atoms with Gasteiger partial charge in [0, 0.05) is 32.5 Å². The lowest BCUT2D eigenvalue weighted by Crippen LogP contribution is -2.35. The molecule has 0 saturated carbocycles. The number of fused-ring (bicyclic) bond motifs is 1. The standard InChI is InChI=1S/C19H27NO5/c1-19(2)23-13-15-11-14(7-8-16(15)25-19)17-12-20(18(22)24-17)9-5-3-4-6-10-21/h7-8,11,17,21H,3-6,9-10,12-13H2,1-2H3/i10D2. The molecular formula is C19H27NO5. The van der Waals surface area contributed by atoms with Gasteiger partial charge in [-0.25, -0.2) is 4.79 Å². The molecule has 1 N–H and O–H groups in total. The van der Waals surface area contributed by atoms with Crippen LogP contribution < -0.4 is 4.74 Å². The third-order valence-corrected chi connectivity index (χ3v) is 4.49. The molecule has 1 saturated heterocycles. The van der Waals surface area contributed by atoms with Gasteiger partial charge >= 0.3 is 6.09 Å². The molecule has 6 heteroatoms. The van der Waals surface area contributed by atoms with Gasteiger partial charge in [-0.3, -0.25) is 0 Å². The lowest BCUT2D eigenvalue weighted by molar-refractivity contribution is -0.180. The van der Waals surface area contributed by atoms with E-state index in [0.717, 1.165) is 29.7 Å². The second-order valence-electron chi connectivity index (χ2n) is 6.94. The second kappa shape index (κ2) is 7.62. The Labute approximate surface area is 151 Å². The van der Waals surface area contributed by atoms with Crippen LogP contribution in [0.5, 0.6) is 5.75 Å². The van der Waals surface area contributed by atoms with Crippen molar-refractivity contribution in [2.24, 2.45) is 0 Å². The fourth-order valence-corrected chi connectivity index (χ4v) is 3.11. The van der Waals surface area contributed by atoms with Crippen LogP contribution in [0.15, 0.2) is 18.2 Å². The molecule has 1 unspecified atom stereocenters. The smallest absolute Gasteiger partial charge is 0.410 e. The number of hydrogen-bond acceptors (Lipinski definition) is 5. The number of unbranched alkanes of at least 4 members (excludes halogenated alkanes) is 2. The van der Waals surface area contributed by atoms with E-state index in [1.165, 1.54) is 0 Å². The van der Waals surface area contributed by atoms with Crippen molar-refractivity contribution in [3.05, 3.63) is 29.3 Å². The summed E-state index contributed by atoms with van der Waals surface area (Å²) < 4.78 is 31.2. The summed E-state index contributed by atoms with van der Waals surface area (Å²) in [5.41, 5.74) is 1.87. The van der Waals surface area contributed by atoms with E-state index in [1.807, 2.05) is 32.0 Å². The third kappa shape index (κ3) is 4.44. The van der Waals surface area contributed by atoms with Gasteiger partial charge in [-0.2, -0.15) is 0 Å². The highest BCUT2D eigenvalue weighted by Crippen LogP contribution is 2.35. The van der Waals surface area contributed by atoms with E-state index in [1.54, 1.807) is 4.90 Å². The Balaban J connectivity index is 1.52. The average molecular weight is 351 g/mol. The number of cyclic esters (lactones) is 1. The van der Waals surface area contributed by atoms with Gasteiger partial charge in [-0.05, 0) is 30.5 Å². The molecule has 1 amide bonds. The van der Waals surface area contributed by atoms with Gasteiger partial charge in [0.1, 0.15) is 11.9 Å². The molecule has 6 nitrogen and oxygen atoms in total. The fraction of sp³-hybridized carbons (Fsp3) is 0.632. The first-order valence-corrected chi connectivity index (χ1v) is 8.77. The number of ether oxygens (including phenoxy) is 3. The first kappa shape index (κ1) is 15.5. The summed E-state index contributed by atoms with van der Waals surface area (Å²) in [5.74, 6) is 0.153. The van der Waals surface area contributed by atoms with Crippen LogP contribution in [-0.2, 0) is 16.1 Å². The Hall–Kier alpha value is -1.79. The minimum atomic E-state index is -2.12. The summed E-state index contributed by atoms with van der Waals surface area (Å²) in [4.78, 5) is 13.8. The first-order chi connectivity index (χ1) is 12.6. The topological polar surface area (TPSA) is 68.2 Å². The number of carbonyl (C=O) groups excluding carboxylic acids is 1. The molecule has 1 fully saturated rings. The maximum absolute atomic E-state index is 12.1. The molecule has 1 atom stereocenters. The van der Waals surface area contributed by atoms with E-state index in [0.29, 0.717) is 26.1 Å². The van der Waals surface area contributed by atoms with Crippen LogP contribution in [0.2, 0.25) is 0 Å². The lowest BCUT2D eigenvalue weighted by atomic mass is 10.0. The monoisotopic (exact) mass is 351 g/mol. The average Bonchev–Trinajstić information content (AvgIpc) is 2.93. The zero-order chi connectivity index (χ0) is 19.7. The van der Waals surface area contributed by atoms with Crippen LogP contribution in [0, 0.1) is 0 Å². The van der Waals surface area contributed by atoms with Crippen molar-refractivity contribution in [1.29, 1.82) is 0 Å². The summed E-state index contributed by atoms with van der Waals surface area (Å²) in [6, 6.07) is 5.79. The van der Waals surface area contributed by atoms with Crippen molar-refractivity contribution in [2.75, 3.05) is 19.6 Å². The highest BCUT2D eigenvalue weighted by molar-refractivity contribution is 5.70. The Kier molecular flexibility index (Phi) is 4.71. The van der Waals surface area contributed by atoms with Crippen molar-refractivity contribution in [3.63, 3.8) is 0 Å². The summed E-state index contributed by atoms with van der Waals surface area (Å²) in [6.07, 6.45) is 1.54. The molecule has 0 radical (unpaired) electrons. The Morgan fingerprint density at radius 3 is 2.92 bits per heavy atom. The molecule has 3 rings (SSSR count). The van der Waals surface area contributed by atoms with Crippen LogP contribution in [0.25, 0.3) is 0 Å². The molecule has 2 aliphatic heterocycles. The van der Waals surface area contributed by atoms with Crippen LogP contribution in [-0.4, -0.2) is 41.5 Å². The van der Waals surface area contributed by atoms with Gasteiger partial charge in [0.2, 0.25) is 5.79 Å². The van der Waals surface area contributed by atoms with Crippen LogP contribution in [0.3, 0.4) is 0 Å². The Morgan fingerprint density at radius 1 is 1.32 bits per heavy atom. The largest absolute Gasteiger partial charge is 0.463 e. The first-order valence-electron chi connectivity index (χ1n) is 9.77. The molecule has 1 aromatic rings. The van der Waals surface area contributed by atoms with E-state index in [-0.39, 0.29) is 18.6 Å². The molecule has 2 aliphatic rings. The van der Waals surface area contributed by atoms with E-state index in [2.05, 4.69) is 0 Å². The van der Waals surface area contributed by atoms with Crippen LogP contribution >= 0.6 is 0 Å². The van der Waals surface area contributed by atoms with Gasteiger partial charge in [0.15, 0.2) is 0 Å². The van der Waals surface area contributed by atoms with Gasteiger partial charge in [-0.1, -0.05) is 18.9 Å². The molecule has 25 heavy (non-hydrogen) atoms. The van der Waals surface area contributed by atoms with Crippen LogP contribution in [0.1, 0.15) is 59.5 Å². The molecule has 138 valence electrons. The zero-order valence-corrected chi connectivity index (χ0v) is 14.8. The summed E-state index contributed by atoms with van der Waals surface area (Å²) in [6.45, 7) is 3.14. The van der Waals surface area contributed by atoms with Crippen LogP contribution in [0.4, 0.5) is 4.79 Å². The molecule has 0 bridgehead atoms. The highest BCUT2D eigenvalue weighted by atomic mass is 16.7. The number of benzene rings is 1. The second-order valence-corrected chi connectivity index (χ2v) is 6.94. The third-order valence-electron chi connectivity index (χ3n) is 4.49. The lowest BCUT2D eigenvalue weighted by Gasteiger charge is -2.32. The fourth-order valence-electron chi connectivity index (χ4n) is 3.11. The molecule has 0 aromatic heterocycles. The predicted octanol–water partition coefficient (Wildman–Crippen LogP) is 3.38. The maximum Gasteiger partial charge on any atom is 0.410 e. The van der Waals surface area contributed by atoms with Crippen molar-refractivity contribution in [2.45, 2.75) is 58.0 Å². The minimum absolute atomic E-state index is 0.107. The van der Waals surface area contributed by atoms with Gasteiger partial charge < -0.3 is 24.2 Å². The van der Waals surface area contributed by atoms with Gasteiger partial charge in [0.25, 0.3) is 0 Å². The van der Waals surface area contributed by atoms with Crippen molar-refractivity contribution in [1.82, 2.24) is 4.90 Å². The summed E-state index contributed by atoms with van der Waals surface area (Å²) >= 11 is 0. The predicted molar refractivity (Wildman–Crippen MR) is 92.3 cm³/mol. The van der Waals surface area contributed by atoms with E-state index < -0.39 is 12.3 Å². The molecular weight excluding hydrogens is 322 g/mol. The molecule has 2 heterocycles. The van der Waals surface area contributed by atoms with Crippen molar-refractivity contribution in [3.8, 4) is 5.75 Å².